The van der Waals surface area contributed by atoms with E-state index in [0.717, 1.165) is 44.1 Å². The summed E-state index contributed by atoms with van der Waals surface area (Å²) in [5.41, 5.74) is 0.913. The van der Waals surface area contributed by atoms with Gasteiger partial charge in [-0.2, -0.15) is 0 Å². The molecular formula is C27H35N3O6. The van der Waals surface area contributed by atoms with E-state index >= 15 is 0 Å². The third-order valence-corrected chi connectivity index (χ3v) is 7.08. The van der Waals surface area contributed by atoms with Crippen molar-refractivity contribution < 1.29 is 28.2 Å². The molecule has 2 fully saturated rings. The SMILES string of the molecule is O=C(CN(CC1CCCO1)C(=O)NC1CCCCC1)N(Cc1ccc2c(c1)OCO2)Cc1ccco1. The molecule has 2 aliphatic heterocycles. The summed E-state index contributed by atoms with van der Waals surface area (Å²) in [5.74, 6) is 1.90. The second-order valence-electron chi connectivity index (χ2n) is 9.82. The smallest absolute Gasteiger partial charge is 0.318 e. The number of amides is 3. The number of furan rings is 1. The molecule has 2 aromatic rings. The van der Waals surface area contributed by atoms with E-state index in [1.165, 1.54) is 6.42 Å². The van der Waals surface area contributed by atoms with Crippen molar-refractivity contribution in [3.8, 4) is 11.5 Å². The average Bonchev–Trinajstić information content (AvgIpc) is 3.67. The summed E-state index contributed by atoms with van der Waals surface area (Å²) in [6.45, 7) is 1.94. The van der Waals surface area contributed by atoms with Crippen LogP contribution in [0.25, 0.3) is 0 Å². The number of hydrogen-bond acceptors (Lipinski definition) is 6. The first-order valence-corrected chi connectivity index (χ1v) is 13.0. The summed E-state index contributed by atoms with van der Waals surface area (Å²) >= 11 is 0. The van der Waals surface area contributed by atoms with Gasteiger partial charge in [0.1, 0.15) is 12.3 Å². The Morgan fingerprint density at radius 2 is 1.81 bits per heavy atom. The molecule has 9 heteroatoms. The molecule has 194 valence electrons. The largest absolute Gasteiger partial charge is 0.467 e. The van der Waals surface area contributed by atoms with Gasteiger partial charge in [0, 0.05) is 25.7 Å². The molecule has 36 heavy (non-hydrogen) atoms. The van der Waals surface area contributed by atoms with Crippen LogP contribution in [0.2, 0.25) is 0 Å². The quantitative estimate of drug-likeness (QED) is 0.562. The monoisotopic (exact) mass is 497 g/mol. The average molecular weight is 498 g/mol. The van der Waals surface area contributed by atoms with Crippen LogP contribution in [-0.4, -0.2) is 60.4 Å². The van der Waals surface area contributed by atoms with Crippen molar-refractivity contribution in [1.29, 1.82) is 0 Å². The van der Waals surface area contributed by atoms with Gasteiger partial charge in [0.2, 0.25) is 12.7 Å². The molecule has 0 bridgehead atoms. The molecule has 1 aliphatic carbocycles. The van der Waals surface area contributed by atoms with E-state index in [2.05, 4.69) is 5.32 Å². The fourth-order valence-electron chi connectivity index (χ4n) is 5.11. The van der Waals surface area contributed by atoms with Crippen LogP contribution in [0.1, 0.15) is 56.3 Å². The van der Waals surface area contributed by atoms with Gasteiger partial charge in [0.25, 0.3) is 0 Å². The number of ether oxygens (including phenoxy) is 3. The molecule has 9 nitrogen and oxygen atoms in total. The molecule has 5 rings (SSSR count). The predicted molar refractivity (Wildman–Crippen MR) is 131 cm³/mol. The molecule has 0 spiro atoms. The minimum Gasteiger partial charge on any atom is -0.467 e. The minimum atomic E-state index is -0.188. The van der Waals surface area contributed by atoms with Gasteiger partial charge >= 0.3 is 6.03 Å². The summed E-state index contributed by atoms with van der Waals surface area (Å²) in [6.07, 6.45) is 8.88. The number of nitrogens with zero attached hydrogens (tertiary/aromatic N) is 2. The number of fused-ring (bicyclic) bond motifs is 1. The van der Waals surface area contributed by atoms with Crippen molar-refractivity contribution in [3.05, 3.63) is 47.9 Å². The van der Waals surface area contributed by atoms with Gasteiger partial charge < -0.3 is 33.7 Å². The first-order valence-electron chi connectivity index (χ1n) is 13.0. The summed E-state index contributed by atoms with van der Waals surface area (Å²) in [6, 6.07) is 9.31. The van der Waals surface area contributed by atoms with Gasteiger partial charge in [-0.1, -0.05) is 25.3 Å². The molecule has 1 aromatic carbocycles. The van der Waals surface area contributed by atoms with E-state index in [4.69, 9.17) is 18.6 Å². The van der Waals surface area contributed by atoms with E-state index in [1.54, 1.807) is 22.1 Å². The lowest BCUT2D eigenvalue weighted by Gasteiger charge is -2.31. The van der Waals surface area contributed by atoms with E-state index < -0.39 is 0 Å². The number of urea groups is 1. The van der Waals surface area contributed by atoms with Gasteiger partial charge in [-0.3, -0.25) is 4.79 Å². The molecule has 1 atom stereocenters. The summed E-state index contributed by atoms with van der Waals surface area (Å²) in [4.78, 5) is 30.3. The number of carbonyl (C=O) groups is 2. The van der Waals surface area contributed by atoms with Crippen LogP contribution in [0.4, 0.5) is 4.79 Å². The lowest BCUT2D eigenvalue weighted by Crippen LogP contribution is -2.51. The zero-order chi connectivity index (χ0) is 24.7. The first kappa shape index (κ1) is 24.5. The Balaban J connectivity index is 1.30. The first-order chi connectivity index (χ1) is 17.6. The fourth-order valence-corrected chi connectivity index (χ4v) is 5.11. The number of nitrogens with one attached hydrogen (secondary N) is 1. The van der Waals surface area contributed by atoms with Crippen LogP contribution in [0.15, 0.2) is 41.0 Å². The van der Waals surface area contributed by atoms with Crippen LogP contribution < -0.4 is 14.8 Å². The summed E-state index contributed by atoms with van der Waals surface area (Å²) in [7, 11) is 0. The van der Waals surface area contributed by atoms with Gasteiger partial charge in [-0.25, -0.2) is 4.79 Å². The maximum absolute atomic E-state index is 13.7. The van der Waals surface area contributed by atoms with E-state index in [1.807, 2.05) is 24.3 Å². The molecule has 0 radical (unpaired) electrons. The Hall–Kier alpha value is -3.20. The third kappa shape index (κ3) is 6.32. The minimum absolute atomic E-state index is 0.0241. The second kappa shape index (κ2) is 11.7. The highest BCUT2D eigenvalue weighted by molar-refractivity contribution is 5.84. The third-order valence-electron chi connectivity index (χ3n) is 7.08. The molecule has 1 saturated carbocycles. The normalized spacial score (nSPS) is 19.3. The molecule has 1 N–H and O–H groups in total. The van der Waals surface area contributed by atoms with Gasteiger partial charge in [0.05, 0.1) is 18.9 Å². The zero-order valence-corrected chi connectivity index (χ0v) is 20.7. The fraction of sp³-hybridized carbons (Fsp3) is 0.556. The number of benzene rings is 1. The van der Waals surface area contributed by atoms with Crippen LogP contribution in [0.3, 0.4) is 0 Å². The Kier molecular flexibility index (Phi) is 7.95. The van der Waals surface area contributed by atoms with Crippen molar-refractivity contribution >= 4 is 11.9 Å². The highest BCUT2D eigenvalue weighted by Crippen LogP contribution is 2.33. The van der Waals surface area contributed by atoms with Crippen LogP contribution in [0, 0.1) is 0 Å². The Labute approximate surface area is 211 Å². The highest BCUT2D eigenvalue weighted by Gasteiger charge is 2.28. The number of hydrogen-bond donors (Lipinski definition) is 1. The van der Waals surface area contributed by atoms with Crippen molar-refractivity contribution in [1.82, 2.24) is 15.1 Å². The van der Waals surface area contributed by atoms with Crippen molar-refractivity contribution in [3.63, 3.8) is 0 Å². The van der Waals surface area contributed by atoms with Gasteiger partial charge in [-0.15, -0.1) is 0 Å². The van der Waals surface area contributed by atoms with E-state index in [-0.39, 0.29) is 37.4 Å². The molecule has 1 unspecified atom stereocenters. The number of rotatable bonds is 9. The van der Waals surface area contributed by atoms with E-state index in [0.29, 0.717) is 43.5 Å². The standard InChI is InChI=1S/C27H35N3O6/c31-26(18-30(17-23-9-5-13-34-23)27(32)28-21-6-2-1-3-7-21)29(16-22-8-4-12-33-22)15-20-10-11-24-25(14-20)36-19-35-24/h4,8,10-12,14,21,23H,1-3,5-7,9,13,15-19H2,(H,28,32). The Morgan fingerprint density at radius 3 is 2.58 bits per heavy atom. The maximum Gasteiger partial charge on any atom is 0.318 e. The molecule has 3 amide bonds. The zero-order valence-electron chi connectivity index (χ0n) is 20.7. The van der Waals surface area contributed by atoms with E-state index in [9.17, 15) is 9.59 Å². The topological polar surface area (TPSA) is 93.5 Å². The van der Waals surface area contributed by atoms with Crippen LogP contribution >= 0.6 is 0 Å². The van der Waals surface area contributed by atoms with Gasteiger partial charge in [0.15, 0.2) is 11.5 Å². The van der Waals surface area contributed by atoms with Crippen molar-refractivity contribution in [2.45, 2.75) is 70.2 Å². The molecule has 3 heterocycles. The van der Waals surface area contributed by atoms with Gasteiger partial charge in [-0.05, 0) is 55.5 Å². The van der Waals surface area contributed by atoms with Crippen LogP contribution in [0.5, 0.6) is 11.5 Å². The highest BCUT2D eigenvalue weighted by atomic mass is 16.7. The van der Waals surface area contributed by atoms with Crippen molar-refractivity contribution in [2.75, 3.05) is 26.5 Å². The van der Waals surface area contributed by atoms with Crippen LogP contribution in [-0.2, 0) is 22.6 Å². The molecule has 1 saturated heterocycles. The second-order valence-corrected chi connectivity index (χ2v) is 9.82. The Bertz CT molecular complexity index is 1010. The summed E-state index contributed by atoms with van der Waals surface area (Å²) < 4.78 is 22.3. The lowest BCUT2D eigenvalue weighted by molar-refractivity contribution is -0.133. The Morgan fingerprint density at radius 1 is 0.944 bits per heavy atom. The molecule has 1 aromatic heterocycles. The maximum atomic E-state index is 13.7. The number of carbonyl (C=O) groups excluding carboxylic acids is 2. The van der Waals surface area contributed by atoms with Crippen molar-refractivity contribution in [2.24, 2.45) is 0 Å². The summed E-state index contributed by atoms with van der Waals surface area (Å²) in [5, 5.41) is 3.17. The predicted octanol–water partition coefficient (Wildman–Crippen LogP) is 4.06. The molecular weight excluding hydrogens is 462 g/mol. The lowest BCUT2D eigenvalue weighted by atomic mass is 9.96. The molecule has 3 aliphatic rings.